The number of nitrogens with zero attached hydrogens (tertiary/aromatic N) is 1. The van der Waals surface area contributed by atoms with Crippen LogP contribution in [0.4, 0.5) is 0 Å². The number of amides is 2. The minimum atomic E-state index is -1.64. The Morgan fingerprint density at radius 1 is 0.815 bits per heavy atom. The average Bonchev–Trinajstić information content (AvgIpc) is 2.65. The molecule has 3 aromatic carbocycles. The fourth-order valence-corrected chi connectivity index (χ4v) is 4.26. The van der Waals surface area contributed by atoms with E-state index in [0.717, 1.165) is 16.3 Å². The van der Waals surface area contributed by atoms with Gasteiger partial charge in [0.2, 0.25) is 5.91 Å². The Hall–Kier alpha value is -2.72. The minimum Gasteiger partial charge on any atom is -0.275 e. The molecule has 0 fully saturated rings. The van der Waals surface area contributed by atoms with E-state index in [2.05, 4.69) is 19.6 Å². The van der Waals surface area contributed by atoms with Crippen molar-refractivity contribution in [1.29, 1.82) is 0 Å². The molecule has 0 saturated heterocycles. The molecule has 0 aliphatic rings. The van der Waals surface area contributed by atoms with Crippen LogP contribution in [0.5, 0.6) is 0 Å². The number of benzene rings is 3. The van der Waals surface area contributed by atoms with E-state index in [4.69, 9.17) is 0 Å². The van der Waals surface area contributed by atoms with Gasteiger partial charge in [0, 0.05) is 11.6 Å². The highest BCUT2D eigenvalue weighted by Gasteiger charge is 2.28. The van der Waals surface area contributed by atoms with Crippen LogP contribution >= 0.6 is 0 Å². The third-order valence-electron chi connectivity index (χ3n) is 4.46. The van der Waals surface area contributed by atoms with E-state index < -0.39 is 8.07 Å². The highest BCUT2D eigenvalue weighted by atomic mass is 28.3. The Bertz CT molecular complexity index is 956. The van der Waals surface area contributed by atoms with Crippen molar-refractivity contribution in [1.82, 2.24) is 4.90 Å². The Labute approximate surface area is 161 Å². The van der Waals surface area contributed by atoms with Gasteiger partial charge < -0.3 is 0 Å². The molecule has 2 amide bonds. The summed E-state index contributed by atoms with van der Waals surface area (Å²) in [7, 11) is -1.64. The lowest BCUT2D eigenvalue weighted by Crippen LogP contribution is -2.40. The predicted molar refractivity (Wildman–Crippen MR) is 113 cm³/mol. The first-order valence-electron chi connectivity index (χ1n) is 9.21. The van der Waals surface area contributed by atoms with E-state index in [1.807, 2.05) is 60.7 Å². The zero-order chi connectivity index (χ0) is 19.4. The highest BCUT2D eigenvalue weighted by molar-refractivity contribution is 6.78. The summed E-state index contributed by atoms with van der Waals surface area (Å²) in [5, 5.41) is 2.19. The number of fused-ring (bicyclic) bond motifs is 1. The van der Waals surface area contributed by atoms with Crippen LogP contribution in [0, 0.1) is 0 Å². The maximum absolute atomic E-state index is 13.1. The molecular formula is C23H25NO2Si. The number of hydrogen-bond acceptors (Lipinski definition) is 2. The molecule has 0 bridgehead atoms. The maximum Gasteiger partial charge on any atom is 0.260 e. The van der Waals surface area contributed by atoms with Crippen molar-refractivity contribution < 1.29 is 9.59 Å². The molecule has 3 aromatic rings. The lowest BCUT2D eigenvalue weighted by atomic mass is 10.0. The third-order valence-corrected chi connectivity index (χ3v) is 5.82. The fourth-order valence-electron chi connectivity index (χ4n) is 3.16. The van der Waals surface area contributed by atoms with Crippen LogP contribution < -0.4 is 0 Å². The molecular weight excluding hydrogens is 350 g/mol. The van der Waals surface area contributed by atoms with E-state index >= 15 is 0 Å². The normalized spacial score (nSPS) is 11.4. The van der Waals surface area contributed by atoms with Crippen molar-refractivity contribution in [2.75, 3.05) is 0 Å². The molecule has 0 radical (unpaired) electrons. The van der Waals surface area contributed by atoms with Crippen molar-refractivity contribution in [3.63, 3.8) is 0 Å². The molecule has 138 valence electrons. The lowest BCUT2D eigenvalue weighted by molar-refractivity contribution is -0.126. The van der Waals surface area contributed by atoms with Crippen molar-refractivity contribution in [3.05, 3.63) is 83.9 Å². The quantitative estimate of drug-likeness (QED) is 0.564. The van der Waals surface area contributed by atoms with Gasteiger partial charge in [-0.05, 0) is 28.5 Å². The number of carbonyl (C=O) groups excluding carboxylic acids is 2. The monoisotopic (exact) mass is 375 g/mol. The molecule has 4 heteroatoms. The molecule has 0 aliphatic heterocycles. The van der Waals surface area contributed by atoms with Crippen LogP contribution in [0.15, 0.2) is 72.8 Å². The Balaban J connectivity index is 1.99. The van der Waals surface area contributed by atoms with Crippen LogP contribution in [0.1, 0.15) is 15.9 Å². The smallest absolute Gasteiger partial charge is 0.260 e. The fraction of sp³-hybridized carbons (Fsp3) is 0.217. The zero-order valence-electron chi connectivity index (χ0n) is 16.1. The molecule has 3 rings (SSSR count). The van der Waals surface area contributed by atoms with Gasteiger partial charge in [-0.25, -0.2) is 0 Å². The molecule has 0 atom stereocenters. The van der Waals surface area contributed by atoms with E-state index in [9.17, 15) is 9.59 Å². The Morgan fingerprint density at radius 2 is 1.44 bits per heavy atom. The predicted octanol–water partition coefficient (Wildman–Crippen LogP) is 5.35. The second-order valence-electron chi connectivity index (χ2n) is 8.03. The molecule has 0 saturated carbocycles. The second kappa shape index (κ2) is 7.88. The summed E-state index contributed by atoms with van der Waals surface area (Å²) in [4.78, 5) is 27.6. The summed E-state index contributed by atoms with van der Waals surface area (Å²) in [6.45, 7) is 6.73. The molecule has 0 spiro atoms. The lowest BCUT2D eigenvalue weighted by Gasteiger charge is -2.25. The zero-order valence-corrected chi connectivity index (χ0v) is 17.1. The van der Waals surface area contributed by atoms with Crippen molar-refractivity contribution in [2.45, 2.75) is 32.2 Å². The van der Waals surface area contributed by atoms with Gasteiger partial charge in [0.05, 0.1) is 14.6 Å². The molecule has 0 heterocycles. The summed E-state index contributed by atoms with van der Waals surface area (Å²) >= 11 is 0. The standard InChI is InChI=1S/C23H25NO2Si/c1-27(2,3)17-22(25)24(23(26)19-11-5-4-6-12-19)16-20-14-9-13-18-10-7-8-15-21(18)20/h4-15H,16-17H2,1-3H3. The van der Waals surface area contributed by atoms with E-state index in [1.165, 1.54) is 4.90 Å². The van der Waals surface area contributed by atoms with Gasteiger partial charge in [-0.15, -0.1) is 0 Å². The largest absolute Gasteiger partial charge is 0.275 e. The van der Waals surface area contributed by atoms with Gasteiger partial charge in [0.1, 0.15) is 0 Å². The Morgan fingerprint density at radius 3 is 2.15 bits per heavy atom. The van der Waals surface area contributed by atoms with Crippen LogP contribution in [0.25, 0.3) is 10.8 Å². The van der Waals surface area contributed by atoms with Crippen molar-refractivity contribution >= 4 is 30.7 Å². The molecule has 27 heavy (non-hydrogen) atoms. The topological polar surface area (TPSA) is 37.4 Å². The maximum atomic E-state index is 13.1. The summed E-state index contributed by atoms with van der Waals surface area (Å²) < 4.78 is 0. The SMILES string of the molecule is C[Si](C)(C)CC(=O)N(Cc1cccc2ccccc12)C(=O)c1ccccc1. The number of carbonyl (C=O) groups is 2. The van der Waals surface area contributed by atoms with Gasteiger partial charge >= 0.3 is 0 Å². The minimum absolute atomic E-state index is 0.0871. The number of imide groups is 1. The summed E-state index contributed by atoms with van der Waals surface area (Å²) in [5.41, 5.74) is 1.53. The van der Waals surface area contributed by atoms with E-state index in [-0.39, 0.29) is 11.8 Å². The summed E-state index contributed by atoms with van der Waals surface area (Å²) in [6, 6.07) is 23.6. The molecule has 0 N–H and O–H groups in total. The van der Waals surface area contributed by atoms with E-state index in [0.29, 0.717) is 18.2 Å². The first-order valence-corrected chi connectivity index (χ1v) is 12.9. The summed E-state index contributed by atoms with van der Waals surface area (Å²) in [6.07, 6.45) is 0. The first-order chi connectivity index (χ1) is 12.8. The second-order valence-corrected chi connectivity index (χ2v) is 13.5. The van der Waals surface area contributed by atoms with Crippen molar-refractivity contribution in [3.8, 4) is 0 Å². The average molecular weight is 376 g/mol. The summed E-state index contributed by atoms with van der Waals surface area (Å²) in [5.74, 6) is -0.317. The van der Waals surface area contributed by atoms with Gasteiger partial charge in [0.25, 0.3) is 5.91 Å². The molecule has 0 aromatic heterocycles. The van der Waals surface area contributed by atoms with Gasteiger partial charge in [-0.3, -0.25) is 14.5 Å². The van der Waals surface area contributed by atoms with Crippen LogP contribution in [0.2, 0.25) is 25.7 Å². The first kappa shape index (κ1) is 19.0. The van der Waals surface area contributed by atoms with Crippen LogP contribution in [-0.2, 0) is 11.3 Å². The third kappa shape index (κ3) is 4.71. The molecule has 0 unspecified atom stereocenters. The van der Waals surface area contributed by atoms with Gasteiger partial charge in [-0.2, -0.15) is 0 Å². The van der Waals surface area contributed by atoms with Gasteiger partial charge in [-0.1, -0.05) is 80.3 Å². The number of rotatable bonds is 5. The van der Waals surface area contributed by atoms with E-state index in [1.54, 1.807) is 12.1 Å². The number of hydrogen-bond donors (Lipinski definition) is 0. The van der Waals surface area contributed by atoms with Gasteiger partial charge in [0.15, 0.2) is 0 Å². The van der Waals surface area contributed by atoms with Crippen LogP contribution in [-0.4, -0.2) is 24.8 Å². The molecule has 3 nitrogen and oxygen atoms in total. The highest BCUT2D eigenvalue weighted by Crippen LogP contribution is 2.22. The molecule has 0 aliphatic carbocycles. The Kier molecular flexibility index (Phi) is 5.56. The van der Waals surface area contributed by atoms with Crippen LogP contribution in [0.3, 0.4) is 0 Å². The van der Waals surface area contributed by atoms with Crippen molar-refractivity contribution in [2.24, 2.45) is 0 Å².